The number of amides is 1. The molecule has 2 rings (SSSR count). The Morgan fingerprint density at radius 2 is 2.39 bits per heavy atom. The van der Waals surface area contributed by atoms with Crippen LogP contribution >= 0.6 is 0 Å². The van der Waals surface area contributed by atoms with Crippen LogP contribution in [-0.2, 0) is 0 Å². The molecule has 1 heterocycles. The lowest BCUT2D eigenvalue weighted by Crippen LogP contribution is -2.31. The quantitative estimate of drug-likeness (QED) is 0.890. The molecule has 0 fully saturated rings. The van der Waals surface area contributed by atoms with Crippen LogP contribution in [0.2, 0.25) is 0 Å². The molecule has 0 atom stereocenters. The zero-order valence-corrected chi connectivity index (χ0v) is 10.2. The van der Waals surface area contributed by atoms with Gasteiger partial charge < -0.3 is 4.90 Å². The lowest BCUT2D eigenvalue weighted by molar-refractivity contribution is 0.0768. The second-order valence-electron chi connectivity index (χ2n) is 3.96. The summed E-state index contributed by atoms with van der Waals surface area (Å²) in [5.74, 6) is -0.0516. The fourth-order valence-electron chi connectivity index (χ4n) is 1.84. The molecule has 5 nitrogen and oxygen atoms in total. The third-order valence-electron chi connectivity index (χ3n) is 2.85. The number of aromatic nitrogens is 2. The maximum atomic E-state index is 12.2. The van der Waals surface area contributed by atoms with Crippen LogP contribution < -0.4 is 0 Å². The van der Waals surface area contributed by atoms with E-state index >= 15 is 0 Å². The minimum atomic E-state index is -0.0516. The Hall–Kier alpha value is -2.35. The number of nitriles is 1. The van der Waals surface area contributed by atoms with E-state index in [2.05, 4.69) is 16.3 Å². The molecule has 5 heteroatoms. The Morgan fingerprint density at radius 3 is 3.11 bits per heavy atom. The second-order valence-corrected chi connectivity index (χ2v) is 3.96. The molecule has 0 spiro atoms. The van der Waals surface area contributed by atoms with Gasteiger partial charge in [-0.1, -0.05) is 6.07 Å². The summed E-state index contributed by atoms with van der Waals surface area (Å²) in [7, 11) is 0. The van der Waals surface area contributed by atoms with Crippen molar-refractivity contribution in [3.05, 3.63) is 30.0 Å². The number of nitrogens with zero attached hydrogens (tertiary/aromatic N) is 3. The molecule has 92 valence electrons. The number of benzene rings is 1. The van der Waals surface area contributed by atoms with Gasteiger partial charge in [-0.05, 0) is 19.1 Å². The molecule has 1 aromatic heterocycles. The number of hydrogen-bond donors (Lipinski definition) is 1. The lowest BCUT2D eigenvalue weighted by Gasteiger charge is -2.19. The van der Waals surface area contributed by atoms with Crippen molar-refractivity contribution in [2.75, 3.05) is 13.1 Å². The van der Waals surface area contributed by atoms with Gasteiger partial charge in [0.2, 0.25) is 0 Å². The van der Waals surface area contributed by atoms with E-state index in [1.807, 2.05) is 13.0 Å². The summed E-state index contributed by atoms with van der Waals surface area (Å²) in [6.07, 6.45) is 2.07. The number of fused-ring (bicyclic) bond motifs is 1. The van der Waals surface area contributed by atoms with Gasteiger partial charge in [0.15, 0.2) is 0 Å². The number of carbonyl (C=O) groups excluding carboxylic acids is 1. The molecule has 0 aliphatic heterocycles. The Labute approximate surface area is 105 Å². The van der Waals surface area contributed by atoms with Gasteiger partial charge in [0.05, 0.1) is 24.2 Å². The summed E-state index contributed by atoms with van der Waals surface area (Å²) in [6.45, 7) is 2.97. The first kappa shape index (κ1) is 12.1. The first-order valence-electron chi connectivity index (χ1n) is 5.85. The highest BCUT2D eigenvalue weighted by atomic mass is 16.2. The highest BCUT2D eigenvalue weighted by molar-refractivity contribution is 5.97. The predicted octanol–water partition coefficient (Wildman–Crippen LogP) is 1.94. The third-order valence-corrected chi connectivity index (χ3v) is 2.85. The van der Waals surface area contributed by atoms with Gasteiger partial charge in [-0.25, -0.2) is 0 Å². The van der Waals surface area contributed by atoms with Gasteiger partial charge in [0.25, 0.3) is 5.91 Å². The molecular weight excluding hydrogens is 228 g/mol. The van der Waals surface area contributed by atoms with E-state index in [0.29, 0.717) is 25.1 Å². The largest absolute Gasteiger partial charge is 0.338 e. The van der Waals surface area contributed by atoms with Crippen LogP contribution in [-0.4, -0.2) is 34.1 Å². The highest BCUT2D eigenvalue weighted by Gasteiger charge is 2.14. The highest BCUT2D eigenvalue weighted by Crippen LogP contribution is 2.14. The van der Waals surface area contributed by atoms with Crippen molar-refractivity contribution in [3.63, 3.8) is 0 Å². The van der Waals surface area contributed by atoms with Gasteiger partial charge >= 0.3 is 0 Å². The average Bonchev–Trinajstić information content (AvgIpc) is 2.86. The van der Waals surface area contributed by atoms with Crippen LogP contribution in [0.4, 0.5) is 0 Å². The summed E-state index contributed by atoms with van der Waals surface area (Å²) >= 11 is 0. The molecule has 1 N–H and O–H groups in total. The van der Waals surface area contributed by atoms with E-state index in [-0.39, 0.29) is 5.91 Å². The Bertz CT molecular complexity index is 596. The smallest absolute Gasteiger partial charge is 0.253 e. The molecule has 0 bridgehead atoms. The van der Waals surface area contributed by atoms with Crippen LogP contribution in [0, 0.1) is 11.3 Å². The number of carbonyl (C=O) groups is 1. The standard InChI is InChI=1S/C13H14N4O/c1-2-17(7-3-6-14)13(18)10-4-5-11-9-15-16-12(11)8-10/h4-5,8-9H,2-3,7H2,1H3,(H,15,16). The maximum Gasteiger partial charge on any atom is 0.253 e. The van der Waals surface area contributed by atoms with Crippen molar-refractivity contribution >= 4 is 16.8 Å². The van der Waals surface area contributed by atoms with Crippen molar-refractivity contribution in [2.24, 2.45) is 0 Å². The molecule has 0 aliphatic rings. The van der Waals surface area contributed by atoms with Gasteiger partial charge in [0, 0.05) is 24.0 Å². The Morgan fingerprint density at radius 1 is 1.56 bits per heavy atom. The van der Waals surface area contributed by atoms with Crippen LogP contribution in [0.1, 0.15) is 23.7 Å². The van der Waals surface area contributed by atoms with Gasteiger partial charge in [-0.15, -0.1) is 0 Å². The van der Waals surface area contributed by atoms with E-state index in [0.717, 1.165) is 10.9 Å². The Kier molecular flexibility index (Phi) is 3.58. The fraction of sp³-hybridized carbons (Fsp3) is 0.308. The monoisotopic (exact) mass is 242 g/mol. The van der Waals surface area contributed by atoms with Gasteiger partial charge in [0.1, 0.15) is 0 Å². The third kappa shape index (κ3) is 2.33. The average molecular weight is 242 g/mol. The Balaban J connectivity index is 2.23. The van der Waals surface area contributed by atoms with E-state index in [9.17, 15) is 4.79 Å². The van der Waals surface area contributed by atoms with Gasteiger partial charge in [-0.3, -0.25) is 9.89 Å². The molecular formula is C13H14N4O. The predicted molar refractivity (Wildman–Crippen MR) is 67.9 cm³/mol. The van der Waals surface area contributed by atoms with E-state index in [1.165, 1.54) is 0 Å². The fourth-order valence-corrected chi connectivity index (χ4v) is 1.84. The summed E-state index contributed by atoms with van der Waals surface area (Å²) in [4.78, 5) is 13.9. The summed E-state index contributed by atoms with van der Waals surface area (Å²) in [5.41, 5.74) is 1.46. The van der Waals surface area contributed by atoms with Crippen molar-refractivity contribution in [3.8, 4) is 6.07 Å². The van der Waals surface area contributed by atoms with Crippen molar-refractivity contribution in [1.82, 2.24) is 15.1 Å². The molecule has 0 radical (unpaired) electrons. The number of aromatic amines is 1. The molecule has 2 aromatic rings. The topological polar surface area (TPSA) is 72.8 Å². The zero-order chi connectivity index (χ0) is 13.0. The maximum absolute atomic E-state index is 12.2. The molecule has 0 unspecified atom stereocenters. The van der Waals surface area contributed by atoms with Crippen molar-refractivity contribution in [1.29, 1.82) is 5.26 Å². The minimum Gasteiger partial charge on any atom is -0.338 e. The van der Waals surface area contributed by atoms with Crippen LogP contribution in [0.25, 0.3) is 10.9 Å². The lowest BCUT2D eigenvalue weighted by atomic mass is 10.1. The normalized spacial score (nSPS) is 10.2. The van der Waals surface area contributed by atoms with E-state index in [4.69, 9.17) is 5.26 Å². The summed E-state index contributed by atoms with van der Waals surface area (Å²) in [6, 6.07) is 7.50. The SMILES string of the molecule is CCN(CCC#N)C(=O)c1ccc2cn[nH]c2c1. The van der Waals surface area contributed by atoms with E-state index < -0.39 is 0 Å². The number of hydrogen-bond acceptors (Lipinski definition) is 3. The molecule has 18 heavy (non-hydrogen) atoms. The van der Waals surface area contributed by atoms with Crippen molar-refractivity contribution in [2.45, 2.75) is 13.3 Å². The van der Waals surface area contributed by atoms with Crippen molar-refractivity contribution < 1.29 is 4.79 Å². The summed E-state index contributed by atoms with van der Waals surface area (Å²) < 4.78 is 0. The van der Waals surface area contributed by atoms with Gasteiger partial charge in [-0.2, -0.15) is 10.4 Å². The molecule has 1 amide bonds. The van der Waals surface area contributed by atoms with Crippen LogP contribution in [0.5, 0.6) is 0 Å². The molecule has 0 saturated carbocycles. The number of rotatable bonds is 4. The first-order chi connectivity index (χ1) is 8.76. The summed E-state index contributed by atoms with van der Waals surface area (Å²) in [5, 5.41) is 16.3. The molecule has 0 aliphatic carbocycles. The number of H-pyrrole nitrogens is 1. The van der Waals surface area contributed by atoms with Crippen LogP contribution in [0.3, 0.4) is 0 Å². The molecule has 1 aromatic carbocycles. The first-order valence-corrected chi connectivity index (χ1v) is 5.85. The minimum absolute atomic E-state index is 0.0516. The van der Waals surface area contributed by atoms with Crippen LogP contribution in [0.15, 0.2) is 24.4 Å². The zero-order valence-electron chi connectivity index (χ0n) is 10.2. The number of nitrogens with one attached hydrogen (secondary N) is 1. The van der Waals surface area contributed by atoms with E-state index in [1.54, 1.807) is 23.2 Å². The second kappa shape index (κ2) is 5.32. The molecule has 0 saturated heterocycles.